The van der Waals surface area contributed by atoms with Gasteiger partial charge in [-0.25, -0.2) is 4.98 Å². The van der Waals surface area contributed by atoms with Crippen molar-refractivity contribution in [1.29, 1.82) is 5.26 Å². The van der Waals surface area contributed by atoms with E-state index in [0.29, 0.717) is 10.6 Å². The molecule has 0 spiro atoms. The predicted octanol–water partition coefficient (Wildman–Crippen LogP) is 5.32. The van der Waals surface area contributed by atoms with Crippen LogP contribution in [0.5, 0.6) is 0 Å². The molecule has 0 aliphatic carbocycles. The van der Waals surface area contributed by atoms with Gasteiger partial charge in [-0.05, 0) is 47.9 Å². The van der Waals surface area contributed by atoms with Crippen molar-refractivity contribution in [2.75, 3.05) is 0 Å². The third-order valence-electron chi connectivity index (χ3n) is 4.44. The lowest BCUT2D eigenvalue weighted by Crippen LogP contribution is -1.92. The first kappa shape index (κ1) is 13.4. The van der Waals surface area contributed by atoms with Gasteiger partial charge in [0.1, 0.15) is 5.65 Å². The molecule has 5 rings (SSSR count). The number of pyridine rings is 1. The second-order valence-electron chi connectivity index (χ2n) is 5.79. The molecule has 3 aromatic carbocycles. The van der Waals surface area contributed by atoms with Gasteiger partial charge in [0.2, 0.25) is 0 Å². The van der Waals surface area contributed by atoms with Crippen LogP contribution in [0.3, 0.4) is 0 Å². The Morgan fingerprint density at radius 2 is 1.71 bits per heavy atom. The third kappa shape index (κ3) is 1.69. The maximum atomic E-state index is 9.29. The Kier molecular flexibility index (Phi) is 2.62. The Morgan fingerprint density at radius 3 is 2.58 bits per heavy atom. The first-order valence-electron chi connectivity index (χ1n) is 7.58. The molecule has 0 unspecified atom stereocenters. The number of halogens is 1. The smallest absolute Gasteiger partial charge is 0.146 e. The van der Waals surface area contributed by atoms with Crippen molar-refractivity contribution >= 4 is 50.0 Å². The lowest BCUT2D eigenvalue weighted by atomic mass is 10.0. The Bertz CT molecular complexity index is 1330. The van der Waals surface area contributed by atoms with Crippen LogP contribution in [0, 0.1) is 11.3 Å². The average molecular weight is 328 g/mol. The van der Waals surface area contributed by atoms with Crippen molar-refractivity contribution in [2.45, 2.75) is 0 Å². The third-order valence-corrected chi connectivity index (χ3v) is 4.68. The predicted molar refractivity (Wildman–Crippen MR) is 97.4 cm³/mol. The molecule has 0 aliphatic rings. The topological polar surface area (TPSA) is 41.1 Å². The summed E-state index contributed by atoms with van der Waals surface area (Å²) in [5, 5.41) is 13.1. The molecule has 24 heavy (non-hydrogen) atoms. The standard InChI is InChI=1S/C20H10ClN3/c21-13-6-8-15-16(10-13)14-7-5-12(11-22)9-19(14)24-18-4-2-1-3-17(18)23-20(15)24/h1-10H. The van der Waals surface area contributed by atoms with Gasteiger partial charge in [-0.3, -0.25) is 4.40 Å². The molecule has 0 saturated carbocycles. The molecule has 2 aromatic heterocycles. The number of hydrogen-bond donors (Lipinski definition) is 0. The van der Waals surface area contributed by atoms with Crippen LogP contribution in [0.15, 0.2) is 60.7 Å². The summed E-state index contributed by atoms with van der Waals surface area (Å²) < 4.78 is 2.13. The number of benzene rings is 3. The van der Waals surface area contributed by atoms with Crippen LogP contribution in [-0.2, 0) is 0 Å². The van der Waals surface area contributed by atoms with Crippen LogP contribution >= 0.6 is 11.6 Å². The Hall–Kier alpha value is -3.09. The molecule has 5 aromatic rings. The lowest BCUT2D eigenvalue weighted by molar-refractivity contribution is 1.31. The van der Waals surface area contributed by atoms with Crippen LogP contribution in [0.25, 0.3) is 38.4 Å². The van der Waals surface area contributed by atoms with Gasteiger partial charge in [-0.15, -0.1) is 0 Å². The highest BCUT2D eigenvalue weighted by atomic mass is 35.5. The number of imidazole rings is 1. The summed E-state index contributed by atoms with van der Waals surface area (Å²) in [4.78, 5) is 4.82. The van der Waals surface area contributed by atoms with E-state index in [2.05, 4.69) is 16.5 Å². The van der Waals surface area contributed by atoms with E-state index in [-0.39, 0.29) is 0 Å². The highest BCUT2D eigenvalue weighted by Crippen LogP contribution is 2.33. The fourth-order valence-corrected chi connectivity index (χ4v) is 3.57. The molecule has 112 valence electrons. The van der Waals surface area contributed by atoms with Crippen molar-refractivity contribution in [3.05, 3.63) is 71.2 Å². The second kappa shape index (κ2) is 4.70. The van der Waals surface area contributed by atoms with Crippen LogP contribution in [0.1, 0.15) is 5.56 Å². The summed E-state index contributed by atoms with van der Waals surface area (Å²) in [6, 6.07) is 21.9. The number of aromatic nitrogens is 2. The molecule has 2 heterocycles. The SMILES string of the molecule is N#Cc1ccc2c3cc(Cl)ccc3c3nc4ccccc4n3c2c1. The van der Waals surface area contributed by atoms with Crippen molar-refractivity contribution in [3.63, 3.8) is 0 Å². The van der Waals surface area contributed by atoms with E-state index in [9.17, 15) is 5.26 Å². The van der Waals surface area contributed by atoms with Gasteiger partial charge in [-0.2, -0.15) is 5.26 Å². The summed E-state index contributed by atoms with van der Waals surface area (Å²) in [6.07, 6.45) is 0. The van der Waals surface area contributed by atoms with E-state index in [0.717, 1.165) is 38.4 Å². The van der Waals surface area contributed by atoms with Crippen molar-refractivity contribution < 1.29 is 0 Å². The molecule has 0 bridgehead atoms. The number of para-hydroxylation sites is 2. The molecular weight excluding hydrogens is 318 g/mol. The number of nitriles is 1. The molecule has 4 heteroatoms. The van der Waals surface area contributed by atoms with E-state index in [1.54, 1.807) is 0 Å². The van der Waals surface area contributed by atoms with Gasteiger partial charge in [0.25, 0.3) is 0 Å². The van der Waals surface area contributed by atoms with E-state index in [4.69, 9.17) is 16.6 Å². The molecule has 3 nitrogen and oxygen atoms in total. The van der Waals surface area contributed by atoms with Crippen LogP contribution < -0.4 is 0 Å². The molecule has 0 atom stereocenters. The van der Waals surface area contributed by atoms with Gasteiger partial charge < -0.3 is 0 Å². The zero-order valence-corrected chi connectivity index (χ0v) is 13.2. The molecule has 0 saturated heterocycles. The second-order valence-corrected chi connectivity index (χ2v) is 6.23. The van der Waals surface area contributed by atoms with E-state index < -0.39 is 0 Å². The Balaban J connectivity index is 2.19. The molecule has 0 fully saturated rings. The highest BCUT2D eigenvalue weighted by Gasteiger charge is 2.14. The maximum absolute atomic E-state index is 9.29. The first-order chi connectivity index (χ1) is 11.8. The molecule has 0 radical (unpaired) electrons. The van der Waals surface area contributed by atoms with Gasteiger partial charge in [0, 0.05) is 15.8 Å². The first-order valence-corrected chi connectivity index (χ1v) is 7.96. The summed E-state index contributed by atoms with van der Waals surface area (Å²) >= 11 is 6.23. The zero-order chi connectivity index (χ0) is 16.3. The van der Waals surface area contributed by atoms with Crippen LogP contribution in [0.2, 0.25) is 5.02 Å². The van der Waals surface area contributed by atoms with Crippen LogP contribution in [0.4, 0.5) is 0 Å². The largest absolute Gasteiger partial charge is 0.292 e. The fourth-order valence-electron chi connectivity index (χ4n) is 3.40. The Labute approximate surface area is 142 Å². The quantitative estimate of drug-likeness (QED) is 0.361. The molecule has 0 amide bonds. The van der Waals surface area contributed by atoms with Crippen molar-refractivity contribution in [2.24, 2.45) is 0 Å². The number of rotatable bonds is 0. The number of fused-ring (bicyclic) bond motifs is 8. The van der Waals surface area contributed by atoms with Crippen molar-refractivity contribution in [1.82, 2.24) is 9.38 Å². The van der Waals surface area contributed by atoms with Gasteiger partial charge in [0.15, 0.2) is 0 Å². The monoisotopic (exact) mass is 327 g/mol. The highest BCUT2D eigenvalue weighted by molar-refractivity contribution is 6.32. The van der Waals surface area contributed by atoms with Gasteiger partial charge in [0.05, 0.1) is 28.2 Å². The minimum atomic E-state index is 0.628. The van der Waals surface area contributed by atoms with E-state index in [1.165, 1.54) is 0 Å². The van der Waals surface area contributed by atoms with Gasteiger partial charge in [-0.1, -0.05) is 29.8 Å². The summed E-state index contributed by atoms with van der Waals surface area (Å²) in [7, 11) is 0. The molecular formula is C20H10ClN3. The average Bonchev–Trinajstić information content (AvgIpc) is 3.01. The normalized spacial score (nSPS) is 11.5. The minimum absolute atomic E-state index is 0.628. The van der Waals surface area contributed by atoms with E-state index >= 15 is 0 Å². The van der Waals surface area contributed by atoms with Crippen LogP contribution in [-0.4, -0.2) is 9.38 Å². The van der Waals surface area contributed by atoms with Gasteiger partial charge >= 0.3 is 0 Å². The fraction of sp³-hybridized carbons (Fsp3) is 0. The Morgan fingerprint density at radius 1 is 0.875 bits per heavy atom. The summed E-state index contributed by atoms with van der Waals surface area (Å²) in [5.74, 6) is 0. The number of nitrogens with zero attached hydrogens (tertiary/aromatic N) is 3. The van der Waals surface area contributed by atoms with Crippen molar-refractivity contribution in [3.8, 4) is 6.07 Å². The van der Waals surface area contributed by atoms with E-state index in [1.807, 2.05) is 54.6 Å². The zero-order valence-electron chi connectivity index (χ0n) is 12.5. The molecule has 0 aliphatic heterocycles. The number of hydrogen-bond acceptors (Lipinski definition) is 2. The summed E-state index contributed by atoms with van der Waals surface area (Å²) in [6.45, 7) is 0. The molecule has 0 N–H and O–H groups in total. The maximum Gasteiger partial charge on any atom is 0.146 e. The summed E-state index contributed by atoms with van der Waals surface area (Å²) in [5.41, 5.74) is 4.44. The minimum Gasteiger partial charge on any atom is -0.292 e. The lowest BCUT2D eigenvalue weighted by Gasteiger charge is -2.09.